The zero-order valence-corrected chi connectivity index (χ0v) is 26.4. The van der Waals surface area contributed by atoms with Crippen molar-refractivity contribution in [2.45, 2.75) is 26.8 Å². The summed E-state index contributed by atoms with van der Waals surface area (Å²) in [5.74, 6) is 0.0598. The van der Waals surface area contributed by atoms with E-state index in [0.29, 0.717) is 32.0 Å². The monoisotopic (exact) mass is 634 g/mol. The highest BCUT2D eigenvalue weighted by molar-refractivity contribution is 7.07. The minimum Gasteiger partial charge on any atom is -0.497 e. The second-order valence-electron chi connectivity index (χ2n) is 10.4. The number of esters is 2. The van der Waals surface area contributed by atoms with E-state index in [4.69, 9.17) is 19.3 Å². The van der Waals surface area contributed by atoms with Crippen molar-refractivity contribution < 1.29 is 23.8 Å². The topological polar surface area (TPSA) is 114 Å². The van der Waals surface area contributed by atoms with Gasteiger partial charge in [0.1, 0.15) is 17.2 Å². The molecule has 10 nitrogen and oxygen atoms in total. The third-order valence-corrected chi connectivity index (χ3v) is 8.37. The molecule has 0 bridgehead atoms. The van der Waals surface area contributed by atoms with Gasteiger partial charge in [0.2, 0.25) is 0 Å². The number of fused-ring (bicyclic) bond motifs is 1. The average molecular weight is 635 g/mol. The summed E-state index contributed by atoms with van der Waals surface area (Å²) in [6.45, 7) is 4.94. The fourth-order valence-corrected chi connectivity index (χ4v) is 6.35. The number of carbonyl (C=O) groups excluding carboxylic acids is 2. The Bertz CT molecular complexity index is 2140. The van der Waals surface area contributed by atoms with Gasteiger partial charge in [-0.25, -0.2) is 14.5 Å². The lowest BCUT2D eigenvalue weighted by Gasteiger charge is -2.24. The van der Waals surface area contributed by atoms with Gasteiger partial charge >= 0.3 is 11.9 Å². The number of hydrogen-bond acceptors (Lipinski definition) is 9. The summed E-state index contributed by atoms with van der Waals surface area (Å²) >= 11 is 1.23. The Morgan fingerprint density at radius 1 is 0.978 bits per heavy atom. The van der Waals surface area contributed by atoms with Crippen LogP contribution in [0.1, 0.15) is 37.9 Å². The van der Waals surface area contributed by atoms with E-state index in [2.05, 4.69) is 4.99 Å². The molecule has 6 rings (SSSR count). The Morgan fingerprint density at radius 3 is 2.33 bits per heavy atom. The number of carbonyl (C=O) groups is 2. The minimum absolute atomic E-state index is 0.164. The molecule has 2 aromatic heterocycles. The van der Waals surface area contributed by atoms with E-state index in [0.717, 1.165) is 22.6 Å². The number of rotatable bonds is 8. The molecule has 0 N–H and O–H groups in total. The molecule has 1 atom stereocenters. The molecule has 0 amide bonds. The minimum atomic E-state index is -0.808. The van der Waals surface area contributed by atoms with Crippen molar-refractivity contribution in [1.82, 2.24) is 14.3 Å². The maximum absolute atomic E-state index is 14.2. The van der Waals surface area contributed by atoms with E-state index in [-0.39, 0.29) is 17.7 Å². The summed E-state index contributed by atoms with van der Waals surface area (Å²) in [5, 5.41) is 4.88. The first-order valence-electron chi connectivity index (χ1n) is 14.5. The van der Waals surface area contributed by atoms with Crippen LogP contribution in [0.25, 0.3) is 23.0 Å². The number of allylic oxidation sites excluding steroid dienone is 1. The van der Waals surface area contributed by atoms with Gasteiger partial charge < -0.3 is 14.2 Å². The molecular weight excluding hydrogens is 604 g/mol. The maximum Gasteiger partial charge on any atom is 0.338 e. The van der Waals surface area contributed by atoms with E-state index in [1.807, 2.05) is 60.8 Å². The molecule has 3 aromatic carbocycles. The molecule has 5 aromatic rings. The van der Waals surface area contributed by atoms with Crippen LogP contribution in [0.2, 0.25) is 0 Å². The molecule has 1 aliphatic rings. The van der Waals surface area contributed by atoms with Crippen LogP contribution in [-0.4, -0.2) is 40.0 Å². The molecule has 0 aliphatic carbocycles. The van der Waals surface area contributed by atoms with Gasteiger partial charge in [-0.3, -0.25) is 14.2 Å². The number of methoxy groups -OCH3 is 1. The summed E-state index contributed by atoms with van der Waals surface area (Å²) in [5.41, 5.74) is 4.15. The molecule has 0 saturated carbocycles. The SMILES string of the molecule is CCOC(=O)C1=C(C)N=c2s/c(=C\c3cn(-c4ccccc4)nc3-c3ccc(OC)cc3)c(=O)n2C1c1ccc(OC(C)=O)cc1. The number of para-hydroxylation sites is 1. The van der Waals surface area contributed by atoms with Gasteiger partial charge in [-0.2, -0.15) is 5.10 Å². The molecule has 0 saturated heterocycles. The lowest BCUT2D eigenvalue weighted by Crippen LogP contribution is -2.39. The smallest absolute Gasteiger partial charge is 0.338 e. The molecule has 0 spiro atoms. The first kappa shape index (κ1) is 30.5. The van der Waals surface area contributed by atoms with Gasteiger partial charge in [-0.1, -0.05) is 41.7 Å². The summed E-state index contributed by atoms with van der Waals surface area (Å²) in [6.07, 6.45) is 3.69. The van der Waals surface area contributed by atoms with Gasteiger partial charge in [0.15, 0.2) is 4.80 Å². The van der Waals surface area contributed by atoms with Crippen LogP contribution >= 0.6 is 11.3 Å². The van der Waals surface area contributed by atoms with Crippen LogP contribution in [0.4, 0.5) is 0 Å². The molecule has 46 heavy (non-hydrogen) atoms. The van der Waals surface area contributed by atoms with Crippen molar-refractivity contribution in [3.8, 4) is 28.4 Å². The van der Waals surface area contributed by atoms with Crippen molar-refractivity contribution in [3.05, 3.63) is 127 Å². The Balaban J connectivity index is 1.53. The number of benzene rings is 3. The highest BCUT2D eigenvalue weighted by Gasteiger charge is 2.33. The van der Waals surface area contributed by atoms with Gasteiger partial charge in [0.05, 0.1) is 41.2 Å². The summed E-state index contributed by atoms with van der Waals surface area (Å²) in [7, 11) is 1.61. The van der Waals surface area contributed by atoms with E-state index in [1.165, 1.54) is 22.8 Å². The van der Waals surface area contributed by atoms with Gasteiger partial charge in [-0.15, -0.1) is 0 Å². The normalized spacial score (nSPS) is 14.4. The third-order valence-electron chi connectivity index (χ3n) is 7.39. The number of nitrogens with zero attached hydrogens (tertiary/aromatic N) is 4. The predicted octanol–water partition coefficient (Wildman–Crippen LogP) is 4.58. The standard InChI is InChI=1S/C35H30N4O6S/c1-5-44-34(42)30-21(2)36-35-39(32(30)24-13-17-28(18-14-24)45-22(3)40)33(41)29(46-35)19-25-20-38(26-9-7-6-8-10-26)37-31(25)23-11-15-27(43-4)16-12-23/h6-20,32H,5H2,1-4H3/b29-19-. The van der Waals surface area contributed by atoms with Gasteiger partial charge in [-0.05, 0) is 74.0 Å². The molecule has 1 unspecified atom stereocenters. The van der Waals surface area contributed by atoms with Crippen molar-refractivity contribution in [2.24, 2.45) is 4.99 Å². The van der Waals surface area contributed by atoms with E-state index in [1.54, 1.807) is 56.0 Å². The zero-order valence-electron chi connectivity index (χ0n) is 25.6. The van der Waals surface area contributed by atoms with Crippen LogP contribution in [-0.2, 0) is 14.3 Å². The Hall–Kier alpha value is -5.55. The molecule has 0 fully saturated rings. The summed E-state index contributed by atoms with van der Waals surface area (Å²) < 4.78 is 19.7. The lowest BCUT2D eigenvalue weighted by atomic mass is 9.96. The lowest BCUT2D eigenvalue weighted by molar-refractivity contribution is -0.139. The second kappa shape index (κ2) is 12.8. The third kappa shape index (κ3) is 5.92. The maximum atomic E-state index is 14.2. The summed E-state index contributed by atoms with van der Waals surface area (Å²) in [4.78, 5) is 44.1. The van der Waals surface area contributed by atoms with Crippen molar-refractivity contribution in [1.29, 1.82) is 0 Å². The number of aromatic nitrogens is 3. The average Bonchev–Trinajstić information content (AvgIpc) is 3.61. The van der Waals surface area contributed by atoms with Gasteiger partial charge in [0, 0.05) is 24.2 Å². The highest BCUT2D eigenvalue weighted by atomic mass is 32.1. The Labute approximate surface area is 268 Å². The number of hydrogen-bond donors (Lipinski definition) is 0. The highest BCUT2D eigenvalue weighted by Crippen LogP contribution is 2.32. The largest absolute Gasteiger partial charge is 0.497 e. The second-order valence-corrected chi connectivity index (χ2v) is 11.4. The van der Waals surface area contributed by atoms with Crippen molar-refractivity contribution >= 4 is 29.4 Å². The zero-order chi connectivity index (χ0) is 32.4. The van der Waals surface area contributed by atoms with Crippen LogP contribution in [0.15, 0.2) is 106 Å². The molecule has 0 radical (unpaired) electrons. The fraction of sp³-hybridized carbons (Fsp3) is 0.171. The Morgan fingerprint density at radius 2 is 1.67 bits per heavy atom. The summed E-state index contributed by atoms with van der Waals surface area (Å²) in [6, 6.07) is 23.2. The Kier molecular flexibility index (Phi) is 8.49. The number of thiazole rings is 1. The van der Waals surface area contributed by atoms with Crippen LogP contribution in [0.3, 0.4) is 0 Å². The molecular formula is C35H30N4O6S. The fourth-order valence-electron chi connectivity index (χ4n) is 5.31. The van der Waals surface area contributed by atoms with Crippen molar-refractivity contribution in [2.75, 3.05) is 13.7 Å². The van der Waals surface area contributed by atoms with Gasteiger partial charge in [0.25, 0.3) is 5.56 Å². The van der Waals surface area contributed by atoms with E-state index < -0.39 is 18.0 Å². The molecule has 232 valence electrons. The van der Waals surface area contributed by atoms with Crippen LogP contribution in [0.5, 0.6) is 11.5 Å². The molecule has 1 aliphatic heterocycles. The van der Waals surface area contributed by atoms with Crippen LogP contribution < -0.4 is 24.4 Å². The quantitative estimate of drug-likeness (QED) is 0.181. The van der Waals surface area contributed by atoms with Crippen LogP contribution in [0, 0.1) is 0 Å². The predicted molar refractivity (Wildman–Crippen MR) is 174 cm³/mol. The van der Waals surface area contributed by atoms with E-state index >= 15 is 0 Å². The molecule has 11 heteroatoms. The van der Waals surface area contributed by atoms with E-state index in [9.17, 15) is 14.4 Å². The van der Waals surface area contributed by atoms with Crippen molar-refractivity contribution in [3.63, 3.8) is 0 Å². The molecule has 3 heterocycles. The first-order chi connectivity index (χ1) is 22.3. The number of ether oxygens (including phenoxy) is 3. The first-order valence-corrected chi connectivity index (χ1v) is 15.4.